The second-order valence-corrected chi connectivity index (χ2v) is 11.0. The lowest BCUT2D eigenvalue weighted by Gasteiger charge is -2.04. The van der Waals surface area contributed by atoms with Crippen LogP contribution in [-0.2, 0) is 0 Å². The Morgan fingerprint density at radius 3 is 1.36 bits per heavy atom. The summed E-state index contributed by atoms with van der Waals surface area (Å²) in [5.74, 6) is 0. The summed E-state index contributed by atoms with van der Waals surface area (Å²) in [6.07, 6.45) is 0. The molecule has 28 heavy (non-hydrogen) atoms. The van der Waals surface area contributed by atoms with Gasteiger partial charge in [-0.3, -0.25) is 0 Å². The van der Waals surface area contributed by atoms with Gasteiger partial charge in [0.25, 0.3) is 0 Å². The first-order chi connectivity index (χ1) is 13.5. The summed E-state index contributed by atoms with van der Waals surface area (Å²) in [4.78, 5) is 9.09. The number of thiazole rings is 2. The van der Waals surface area contributed by atoms with Crippen LogP contribution in [0.3, 0.4) is 0 Å². The zero-order valence-electron chi connectivity index (χ0n) is 15.3. The molecule has 4 nitrogen and oxygen atoms in total. The van der Waals surface area contributed by atoms with E-state index in [0.717, 1.165) is 30.9 Å². The minimum Gasteiger partial charge on any atom is -0.375 e. The highest BCUT2D eigenvalue weighted by Crippen LogP contribution is 2.50. The van der Waals surface area contributed by atoms with Crippen LogP contribution in [0.1, 0.15) is 11.1 Å². The molecule has 4 N–H and O–H groups in total. The van der Waals surface area contributed by atoms with Gasteiger partial charge < -0.3 is 11.5 Å². The number of aromatic nitrogens is 2. The van der Waals surface area contributed by atoms with E-state index in [0.29, 0.717) is 10.3 Å². The molecule has 0 fully saturated rings. The lowest BCUT2D eigenvalue weighted by molar-refractivity contribution is 1.36. The van der Waals surface area contributed by atoms with Crippen LogP contribution in [0.25, 0.3) is 22.5 Å². The number of nitrogens with zero attached hydrogens (tertiary/aromatic N) is 2. The molecule has 0 unspecified atom stereocenters. The Bertz CT molecular complexity index is 1010. The van der Waals surface area contributed by atoms with Crippen LogP contribution in [0.2, 0.25) is 0 Å². The van der Waals surface area contributed by atoms with E-state index in [1.165, 1.54) is 33.8 Å². The minimum atomic E-state index is 0.571. The largest absolute Gasteiger partial charge is 0.375 e. The van der Waals surface area contributed by atoms with Gasteiger partial charge in [-0.1, -0.05) is 82.3 Å². The number of benzene rings is 2. The predicted octanol–water partition coefficient (Wildman–Crippen LogP) is 6.51. The zero-order chi connectivity index (χ0) is 19.7. The van der Waals surface area contributed by atoms with Crippen LogP contribution < -0.4 is 11.5 Å². The van der Waals surface area contributed by atoms with E-state index in [4.69, 9.17) is 11.5 Å². The maximum atomic E-state index is 6.01. The number of anilines is 2. The third kappa shape index (κ3) is 4.20. The second kappa shape index (κ2) is 8.16. The molecule has 2 aromatic heterocycles. The van der Waals surface area contributed by atoms with Crippen molar-refractivity contribution in [3.05, 3.63) is 59.7 Å². The van der Waals surface area contributed by atoms with Crippen LogP contribution in [-0.4, -0.2) is 9.97 Å². The average molecular weight is 443 g/mol. The van der Waals surface area contributed by atoms with Crippen LogP contribution in [0, 0.1) is 13.8 Å². The van der Waals surface area contributed by atoms with Crippen molar-refractivity contribution in [1.82, 2.24) is 9.97 Å². The molecule has 0 spiro atoms. The third-order valence-corrected chi connectivity index (χ3v) is 9.08. The Kier molecular flexibility index (Phi) is 5.63. The number of nitrogens with two attached hydrogens (primary N) is 2. The van der Waals surface area contributed by atoms with E-state index in [2.05, 4.69) is 72.3 Å². The van der Waals surface area contributed by atoms with Gasteiger partial charge in [0.2, 0.25) is 0 Å². The van der Waals surface area contributed by atoms with Crippen molar-refractivity contribution in [2.24, 2.45) is 0 Å². The highest BCUT2D eigenvalue weighted by molar-refractivity contribution is 8.77. The van der Waals surface area contributed by atoms with Gasteiger partial charge in [0, 0.05) is 11.1 Å². The summed E-state index contributed by atoms with van der Waals surface area (Å²) in [6.45, 7) is 4.15. The molecule has 4 rings (SSSR count). The molecule has 142 valence electrons. The lowest BCUT2D eigenvalue weighted by Crippen LogP contribution is -1.84. The third-order valence-electron chi connectivity index (χ3n) is 4.07. The van der Waals surface area contributed by atoms with Gasteiger partial charge in [-0.15, -0.1) is 0 Å². The summed E-state index contributed by atoms with van der Waals surface area (Å²) in [5, 5.41) is 1.14. The van der Waals surface area contributed by atoms with Crippen molar-refractivity contribution >= 4 is 54.5 Å². The monoisotopic (exact) mass is 442 g/mol. The fourth-order valence-corrected chi connectivity index (χ4v) is 7.37. The van der Waals surface area contributed by atoms with E-state index in [-0.39, 0.29) is 0 Å². The van der Waals surface area contributed by atoms with Crippen LogP contribution >= 0.6 is 44.3 Å². The molecule has 0 saturated heterocycles. The van der Waals surface area contributed by atoms with Crippen molar-refractivity contribution in [2.45, 2.75) is 22.3 Å². The Morgan fingerprint density at radius 2 is 1.00 bits per heavy atom. The first-order valence-electron chi connectivity index (χ1n) is 8.51. The molecule has 0 atom stereocenters. The lowest BCUT2D eigenvalue weighted by atomic mass is 10.1. The Hall–Kier alpha value is -2.00. The number of aryl methyl sites for hydroxylation is 2. The fourth-order valence-electron chi connectivity index (χ4n) is 2.62. The Morgan fingerprint density at radius 1 is 0.643 bits per heavy atom. The van der Waals surface area contributed by atoms with Crippen molar-refractivity contribution in [2.75, 3.05) is 11.5 Å². The number of nitrogen functional groups attached to an aromatic ring is 2. The first-order valence-corrected chi connectivity index (χ1v) is 12.3. The minimum absolute atomic E-state index is 0.571. The van der Waals surface area contributed by atoms with E-state index >= 15 is 0 Å². The van der Waals surface area contributed by atoms with E-state index in [1.54, 1.807) is 21.6 Å². The molecule has 0 radical (unpaired) electrons. The Labute approximate surface area is 179 Å². The quantitative estimate of drug-likeness (QED) is 0.343. The van der Waals surface area contributed by atoms with Gasteiger partial charge in [0.1, 0.15) is 8.42 Å². The fraction of sp³-hybridized carbons (Fsp3) is 0.100. The number of hydrogen-bond donors (Lipinski definition) is 2. The molecule has 2 aromatic carbocycles. The van der Waals surface area contributed by atoms with E-state index in [1.807, 2.05) is 0 Å². The number of rotatable bonds is 5. The van der Waals surface area contributed by atoms with Crippen molar-refractivity contribution in [1.29, 1.82) is 0 Å². The zero-order valence-corrected chi connectivity index (χ0v) is 18.6. The molecule has 0 saturated carbocycles. The summed E-state index contributed by atoms with van der Waals surface area (Å²) >= 11 is 3.01. The van der Waals surface area contributed by atoms with Crippen molar-refractivity contribution < 1.29 is 0 Å². The van der Waals surface area contributed by atoms with Crippen LogP contribution in [0.15, 0.2) is 56.9 Å². The summed E-state index contributed by atoms with van der Waals surface area (Å²) < 4.78 is 2.15. The van der Waals surface area contributed by atoms with Crippen molar-refractivity contribution in [3.63, 3.8) is 0 Å². The Balaban J connectivity index is 1.61. The van der Waals surface area contributed by atoms with Gasteiger partial charge in [-0.2, -0.15) is 0 Å². The molecule has 0 aliphatic heterocycles. The van der Waals surface area contributed by atoms with Gasteiger partial charge in [-0.25, -0.2) is 9.97 Å². The van der Waals surface area contributed by atoms with Gasteiger partial charge >= 0.3 is 0 Å². The average Bonchev–Trinajstić information content (AvgIpc) is 3.23. The predicted molar refractivity (Wildman–Crippen MR) is 125 cm³/mol. The summed E-state index contributed by atoms with van der Waals surface area (Å²) in [6, 6.07) is 16.7. The van der Waals surface area contributed by atoms with Gasteiger partial charge in [0.05, 0.1) is 11.4 Å². The van der Waals surface area contributed by atoms with Crippen LogP contribution in [0.4, 0.5) is 10.3 Å². The van der Waals surface area contributed by atoms with Crippen LogP contribution in [0.5, 0.6) is 0 Å². The van der Waals surface area contributed by atoms with Gasteiger partial charge in [0.15, 0.2) is 10.3 Å². The van der Waals surface area contributed by atoms with Crippen molar-refractivity contribution in [3.8, 4) is 22.5 Å². The molecular weight excluding hydrogens is 425 g/mol. The smallest absolute Gasteiger partial charge is 0.181 e. The first kappa shape index (κ1) is 19.3. The highest BCUT2D eigenvalue weighted by atomic mass is 33.1. The molecule has 4 aromatic rings. The molecule has 0 amide bonds. The highest BCUT2D eigenvalue weighted by Gasteiger charge is 2.17. The SMILES string of the molecule is Cc1ccc(-c2nc(N)sc2SSc2sc(N)nc2-c2ccc(C)cc2)cc1. The molecule has 8 heteroatoms. The maximum Gasteiger partial charge on any atom is 0.181 e. The normalized spacial score (nSPS) is 11.1. The second-order valence-electron chi connectivity index (χ2n) is 6.28. The molecule has 0 aliphatic rings. The molecule has 0 aliphatic carbocycles. The molecule has 0 bridgehead atoms. The van der Waals surface area contributed by atoms with Gasteiger partial charge in [-0.05, 0) is 35.4 Å². The maximum absolute atomic E-state index is 6.01. The number of hydrogen-bond acceptors (Lipinski definition) is 8. The van der Waals surface area contributed by atoms with E-state index in [9.17, 15) is 0 Å². The summed E-state index contributed by atoms with van der Waals surface area (Å²) in [7, 11) is 3.31. The molecular formula is C20H18N4S4. The van der Waals surface area contributed by atoms with E-state index < -0.39 is 0 Å². The standard InChI is InChI=1S/C20H18N4S4/c1-11-3-7-13(8-4-11)15-17(25-19(21)23-15)27-28-18-16(24-20(22)26-18)14-9-5-12(2)6-10-14/h3-10H,1-2H3,(H2,21,23)(H2,22,24). The summed E-state index contributed by atoms with van der Waals surface area (Å²) in [5.41, 5.74) is 18.5. The molecule has 2 heterocycles. The topological polar surface area (TPSA) is 77.8 Å².